The van der Waals surface area contributed by atoms with Crippen LogP contribution in [-0.4, -0.2) is 37.7 Å². The number of likely N-dealkylation sites (tertiary alicyclic amines) is 1. The van der Waals surface area contributed by atoms with Crippen LogP contribution in [0.1, 0.15) is 43.4 Å². The monoisotopic (exact) mass is 274 g/mol. The molecular weight excluding hydrogens is 248 g/mol. The number of piperidine rings is 1. The number of methoxy groups -OCH3 is 1. The second-order valence-corrected chi connectivity index (χ2v) is 6.03. The van der Waals surface area contributed by atoms with Crippen LogP contribution in [0.5, 0.6) is 5.75 Å². The molecule has 110 valence electrons. The van der Waals surface area contributed by atoms with Crippen molar-refractivity contribution in [3.63, 3.8) is 0 Å². The van der Waals surface area contributed by atoms with Gasteiger partial charge in [-0.15, -0.1) is 0 Å². The van der Waals surface area contributed by atoms with Crippen LogP contribution in [0, 0.1) is 0 Å². The fourth-order valence-corrected chi connectivity index (χ4v) is 3.58. The number of nitrogens with zero attached hydrogens (tertiary/aromatic N) is 1. The van der Waals surface area contributed by atoms with E-state index >= 15 is 0 Å². The lowest BCUT2D eigenvalue weighted by atomic mass is 10.0. The van der Waals surface area contributed by atoms with Crippen molar-refractivity contribution in [1.82, 2.24) is 10.2 Å². The Balaban J connectivity index is 1.63. The summed E-state index contributed by atoms with van der Waals surface area (Å²) in [5.41, 5.74) is 2.96. The van der Waals surface area contributed by atoms with Crippen molar-refractivity contribution in [2.24, 2.45) is 0 Å². The van der Waals surface area contributed by atoms with Gasteiger partial charge in [0.1, 0.15) is 5.75 Å². The van der Waals surface area contributed by atoms with Crippen molar-refractivity contribution in [3.8, 4) is 5.75 Å². The number of aryl methyl sites for hydroxylation is 1. The Labute approximate surface area is 122 Å². The van der Waals surface area contributed by atoms with E-state index in [-0.39, 0.29) is 0 Å². The highest BCUT2D eigenvalue weighted by Gasteiger charge is 2.26. The fraction of sp³-hybridized carbons (Fsp3) is 0.647. The van der Waals surface area contributed by atoms with E-state index in [4.69, 9.17) is 4.74 Å². The molecule has 1 heterocycles. The smallest absolute Gasteiger partial charge is 0.119 e. The van der Waals surface area contributed by atoms with Crippen LogP contribution >= 0.6 is 0 Å². The molecule has 1 atom stereocenters. The van der Waals surface area contributed by atoms with Gasteiger partial charge in [-0.2, -0.15) is 0 Å². The van der Waals surface area contributed by atoms with E-state index in [9.17, 15) is 0 Å². The third-order valence-corrected chi connectivity index (χ3v) is 4.90. The molecular formula is C17H26N2O. The third-order valence-electron chi connectivity index (χ3n) is 4.90. The highest BCUT2D eigenvalue weighted by Crippen LogP contribution is 2.34. The van der Waals surface area contributed by atoms with Crippen molar-refractivity contribution in [2.75, 3.05) is 26.7 Å². The van der Waals surface area contributed by atoms with Crippen LogP contribution in [0.4, 0.5) is 0 Å². The van der Waals surface area contributed by atoms with Crippen LogP contribution < -0.4 is 10.1 Å². The van der Waals surface area contributed by atoms with E-state index in [1.165, 1.54) is 56.4 Å². The van der Waals surface area contributed by atoms with Crippen LogP contribution in [0.3, 0.4) is 0 Å². The maximum Gasteiger partial charge on any atom is 0.119 e. The summed E-state index contributed by atoms with van der Waals surface area (Å²) in [4.78, 5) is 2.55. The van der Waals surface area contributed by atoms with E-state index in [1.807, 2.05) is 0 Å². The number of fused-ring (bicyclic) bond motifs is 1. The lowest BCUT2D eigenvalue weighted by Crippen LogP contribution is -2.43. The third kappa shape index (κ3) is 2.84. The molecule has 0 spiro atoms. The summed E-state index contributed by atoms with van der Waals surface area (Å²) in [6.45, 7) is 5.93. The number of rotatable bonds is 4. The molecule has 3 nitrogen and oxygen atoms in total. The zero-order valence-electron chi connectivity index (χ0n) is 12.7. The van der Waals surface area contributed by atoms with Crippen LogP contribution in [0.25, 0.3) is 0 Å². The molecule has 1 aliphatic carbocycles. The summed E-state index contributed by atoms with van der Waals surface area (Å²) >= 11 is 0. The lowest BCUT2D eigenvalue weighted by molar-refractivity contribution is 0.198. The Bertz CT molecular complexity index is 452. The normalized spacial score (nSPS) is 23.8. The highest BCUT2D eigenvalue weighted by molar-refractivity contribution is 5.40. The van der Waals surface area contributed by atoms with Gasteiger partial charge < -0.3 is 15.0 Å². The largest absolute Gasteiger partial charge is 0.497 e. The average Bonchev–Trinajstić information content (AvgIpc) is 2.90. The molecule has 0 aromatic heterocycles. The van der Waals surface area contributed by atoms with Crippen LogP contribution in [-0.2, 0) is 6.42 Å². The molecule has 1 unspecified atom stereocenters. The first-order valence-electron chi connectivity index (χ1n) is 7.95. The van der Waals surface area contributed by atoms with Gasteiger partial charge in [0.05, 0.1) is 7.11 Å². The van der Waals surface area contributed by atoms with E-state index in [1.54, 1.807) is 7.11 Å². The fourth-order valence-electron chi connectivity index (χ4n) is 3.58. The van der Waals surface area contributed by atoms with Gasteiger partial charge >= 0.3 is 0 Å². The quantitative estimate of drug-likeness (QED) is 0.913. The molecule has 1 fully saturated rings. The minimum atomic E-state index is 0.526. The predicted molar refractivity (Wildman–Crippen MR) is 82.3 cm³/mol. The summed E-state index contributed by atoms with van der Waals surface area (Å²) in [6, 6.07) is 7.75. The average molecular weight is 274 g/mol. The Morgan fingerprint density at radius 2 is 2.05 bits per heavy atom. The zero-order chi connectivity index (χ0) is 13.9. The number of hydrogen-bond acceptors (Lipinski definition) is 3. The molecule has 0 radical (unpaired) electrons. The van der Waals surface area contributed by atoms with Gasteiger partial charge in [-0.25, -0.2) is 0 Å². The van der Waals surface area contributed by atoms with Crippen molar-refractivity contribution in [1.29, 1.82) is 0 Å². The molecule has 20 heavy (non-hydrogen) atoms. The van der Waals surface area contributed by atoms with Gasteiger partial charge in [0.15, 0.2) is 0 Å². The van der Waals surface area contributed by atoms with Crippen molar-refractivity contribution >= 4 is 0 Å². The van der Waals surface area contributed by atoms with Crippen molar-refractivity contribution in [3.05, 3.63) is 29.3 Å². The minimum Gasteiger partial charge on any atom is -0.497 e. The predicted octanol–water partition coefficient (Wildman–Crippen LogP) is 2.76. The van der Waals surface area contributed by atoms with Gasteiger partial charge in [-0.3, -0.25) is 0 Å². The van der Waals surface area contributed by atoms with Gasteiger partial charge in [0.25, 0.3) is 0 Å². The first kappa shape index (κ1) is 13.9. The van der Waals surface area contributed by atoms with Gasteiger partial charge in [0, 0.05) is 12.1 Å². The van der Waals surface area contributed by atoms with Gasteiger partial charge in [-0.1, -0.05) is 13.0 Å². The van der Waals surface area contributed by atoms with E-state index < -0.39 is 0 Å². The number of hydrogen-bond donors (Lipinski definition) is 1. The molecule has 1 N–H and O–H groups in total. The van der Waals surface area contributed by atoms with Gasteiger partial charge in [-0.05, 0) is 68.6 Å². The number of nitrogens with one attached hydrogen (secondary N) is 1. The number of ether oxygens (including phenoxy) is 1. The van der Waals surface area contributed by atoms with E-state index in [0.29, 0.717) is 12.1 Å². The summed E-state index contributed by atoms with van der Waals surface area (Å²) in [5, 5.41) is 3.89. The summed E-state index contributed by atoms with van der Waals surface area (Å²) in [6.07, 6.45) is 4.99. The molecule has 2 aliphatic rings. The SMILES string of the molecule is CCN1CCC(NC2CCc3ccc(OC)cc32)CC1. The summed E-state index contributed by atoms with van der Waals surface area (Å²) < 4.78 is 5.37. The molecule has 0 bridgehead atoms. The molecule has 3 rings (SSSR count). The minimum absolute atomic E-state index is 0.526. The molecule has 3 heteroatoms. The molecule has 1 aromatic rings. The second-order valence-electron chi connectivity index (χ2n) is 6.03. The summed E-state index contributed by atoms with van der Waals surface area (Å²) in [7, 11) is 1.75. The maximum absolute atomic E-state index is 5.37. The Hall–Kier alpha value is -1.06. The van der Waals surface area contributed by atoms with Crippen molar-refractivity contribution in [2.45, 2.75) is 44.7 Å². The standard InChI is InChI=1S/C17H26N2O/c1-3-19-10-8-14(9-11-19)18-17-7-5-13-4-6-15(20-2)12-16(13)17/h4,6,12,14,17-18H,3,5,7-11H2,1-2H3. The zero-order valence-corrected chi connectivity index (χ0v) is 12.7. The summed E-state index contributed by atoms with van der Waals surface area (Å²) in [5.74, 6) is 0.984. The Morgan fingerprint density at radius 1 is 1.25 bits per heavy atom. The van der Waals surface area contributed by atoms with Crippen LogP contribution in [0.15, 0.2) is 18.2 Å². The molecule has 1 aliphatic heterocycles. The molecule has 0 saturated carbocycles. The molecule has 1 aromatic carbocycles. The topological polar surface area (TPSA) is 24.5 Å². The van der Waals surface area contributed by atoms with Gasteiger partial charge in [0.2, 0.25) is 0 Å². The van der Waals surface area contributed by atoms with Crippen LogP contribution in [0.2, 0.25) is 0 Å². The lowest BCUT2D eigenvalue weighted by Gasteiger charge is -2.33. The first-order chi connectivity index (χ1) is 9.80. The van der Waals surface area contributed by atoms with E-state index in [2.05, 4.69) is 35.3 Å². The number of benzene rings is 1. The van der Waals surface area contributed by atoms with E-state index in [0.717, 1.165) is 5.75 Å². The second kappa shape index (κ2) is 6.15. The molecule has 0 amide bonds. The maximum atomic E-state index is 5.37. The first-order valence-corrected chi connectivity index (χ1v) is 7.95. The Morgan fingerprint density at radius 3 is 2.75 bits per heavy atom. The Kier molecular flexibility index (Phi) is 4.27. The highest BCUT2D eigenvalue weighted by atomic mass is 16.5. The van der Waals surface area contributed by atoms with Crippen molar-refractivity contribution < 1.29 is 4.74 Å². The molecule has 1 saturated heterocycles.